The van der Waals surface area contributed by atoms with E-state index in [-0.39, 0.29) is 18.0 Å². The number of nitro groups is 1. The van der Waals surface area contributed by atoms with Gasteiger partial charge in [-0.15, -0.1) is 5.10 Å². The zero-order valence-corrected chi connectivity index (χ0v) is 11.9. The second-order valence-corrected chi connectivity index (χ2v) is 4.51. The number of nitrogens with zero attached hydrogens (tertiary/aromatic N) is 4. The van der Waals surface area contributed by atoms with Crippen molar-refractivity contribution < 1.29 is 9.66 Å². The van der Waals surface area contributed by atoms with Crippen LogP contribution >= 0.6 is 0 Å². The summed E-state index contributed by atoms with van der Waals surface area (Å²) >= 11 is 0. The summed E-state index contributed by atoms with van der Waals surface area (Å²) in [4.78, 5) is 10.6. The molecule has 0 bridgehead atoms. The highest BCUT2D eigenvalue weighted by Gasteiger charge is 2.16. The van der Waals surface area contributed by atoms with E-state index in [0.717, 1.165) is 12.1 Å². The van der Waals surface area contributed by atoms with Crippen molar-refractivity contribution in [3.05, 3.63) is 45.8 Å². The van der Waals surface area contributed by atoms with Gasteiger partial charge in [0.05, 0.1) is 11.1 Å². The van der Waals surface area contributed by atoms with Crippen molar-refractivity contribution in [2.24, 2.45) is 7.05 Å². The van der Waals surface area contributed by atoms with Gasteiger partial charge in [0, 0.05) is 19.7 Å². The third-order valence-corrected chi connectivity index (χ3v) is 2.83. The zero-order valence-electron chi connectivity index (χ0n) is 11.9. The molecule has 2 rings (SSSR count). The summed E-state index contributed by atoms with van der Waals surface area (Å²) < 4.78 is 7.08. The number of rotatable bonds is 7. The Morgan fingerprint density at radius 1 is 1.48 bits per heavy atom. The average Bonchev–Trinajstić information content (AvgIpc) is 2.88. The number of hydrogen-bond donors (Lipinski definition) is 1. The minimum absolute atomic E-state index is 0.0564. The lowest BCUT2D eigenvalue weighted by Gasteiger charge is -2.08. The third kappa shape index (κ3) is 3.99. The quantitative estimate of drug-likeness (QED) is 0.612. The fraction of sp³-hybridized carbons (Fsp3) is 0.385. The zero-order chi connectivity index (χ0) is 15.2. The Bertz CT molecular complexity index is 626. The van der Waals surface area contributed by atoms with Gasteiger partial charge in [-0.2, -0.15) is 0 Å². The average molecular weight is 291 g/mol. The molecule has 0 saturated carbocycles. The van der Waals surface area contributed by atoms with E-state index in [2.05, 4.69) is 15.6 Å². The lowest BCUT2D eigenvalue weighted by atomic mass is 10.2. The van der Waals surface area contributed by atoms with Crippen LogP contribution < -0.4 is 10.1 Å². The molecule has 1 heterocycles. The molecule has 8 nitrogen and oxygen atoms in total. The second-order valence-electron chi connectivity index (χ2n) is 4.51. The van der Waals surface area contributed by atoms with Gasteiger partial charge in [0.1, 0.15) is 12.3 Å². The van der Waals surface area contributed by atoms with Crippen LogP contribution in [0.2, 0.25) is 0 Å². The van der Waals surface area contributed by atoms with Crippen molar-refractivity contribution >= 4 is 5.69 Å². The Morgan fingerprint density at radius 2 is 2.29 bits per heavy atom. The summed E-state index contributed by atoms with van der Waals surface area (Å²) in [5.41, 5.74) is 1.49. The lowest BCUT2D eigenvalue weighted by Crippen LogP contribution is -2.12. The maximum atomic E-state index is 11.0. The standard InChI is InChI=1S/C13H17N5O3/c1-3-14-7-10-4-5-12(18(19)20)13(6-10)21-9-11-8-17(2)16-15-11/h4-6,8,14H,3,7,9H2,1-2H3. The summed E-state index contributed by atoms with van der Waals surface area (Å²) in [6, 6.07) is 4.85. The highest BCUT2D eigenvalue weighted by Crippen LogP contribution is 2.28. The Balaban J connectivity index is 2.15. The van der Waals surface area contributed by atoms with E-state index in [1.54, 1.807) is 30.1 Å². The molecule has 1 aromatic heterocycles. The van der Waals surface area contributed by atoms with E-state index in [1.807, 2.05) is 6.92 Å². The van der Waals surface area contributed by atoms with E-state index in [9.17, 15) is 10.1 Å². The summed E-state index contributed by atoms with van der Waals surface area (Å²) in [7, 11) is 1.75. The van der Waals surface area contributed by atoms with E-state index in [0.29, 0.717) is 12.2 Å². The molecule has 0 aliphatic heterocycles. The van der Waals surface area contributed by atoms with Crippen molar-refractivity contribution in [1.82, 2.24) is 20.3 Å². The number of aryl methyl sites for hydroxylation is 1. The van der Waals surface area contributed by atoms with Crippen LogP contribution in [0.15, 0.2) is 24.4 Å². The molecule has 0 atom stereocenters. The Kier molecular flexibility index (Phi) is 4.83. The van der Waals surface area contributed by atoms with Crippen LogP contribution in [-0.2, 0) is 20.2 Å². The molecule has 0 aliphatic rings. The van der Waals surface area contributed by atoms with Crippen LogP contribution in [0, 0.1) is 10.1 Å². The first-order chi connectivity index (χ1) is 10.1. The van der Waals surface area contributed by atoms with E-state index >= 15 is 0 Å². The number of benzene rings is 1. The number of nitro benzene ring substituents is 1. The molecule has 0 radical (unpaired) electrons. The molecule has 0 saturated heterocycles. The van der Waals surface area contributed by atoms with E-state index in [4.69, 9.17) is 4.74 Å². The first-order valence-corrected chi connectivity index (χ1v) is 6.56. The van der Waals surface area contributed by atoms with Gasteiger partial charge in [0.25, 0.3) is 0 Å². The maximum absolute atomic E-state index is 11.0. The van der Waals surface area contributed by atoms with Gasteiger partial charge < -0.3 is 10.1 Å². The van der Waals surface area contributed by atoms with Gasteiger partial charge in [0.15, 0.2) is 5.75 Å². The van der Waals surface area contributed by atoms with Crippen LogP contribution in [0.1, 0.15) is 18.2 Å². The number of ether oxygens (including phenoxy) is 1. The van der Waals surface area contributed by atoms with Crippen molar-refractivity contribution in [3.8, 4) is 5.75 Å². The summed E-state index contributed by atoms with van der Waals surface area (Å²) in [5.74, 6) is 0.237. The number of nitrogens with one attached hydrogen (secondary N) is 1. The van der Waals surface area contributed by atoms with Gasteiger partial charge in [-0.1, -0.05) is 18.2 Å². The van der Waals surface area contributed by atoms with Crippen LogP contribution in [-0.4, -0.2) is 26.5 Å². The summed E-state index contributed by atoms with van der Waals surface area (Å²) in [6.45, 7) is 3.60. The molecule has 0 unspecified atom stereocenters. The molecular weight excluding hydrogens is 274 g/mol. The molecule has 8 heteroatoms. The molecule has 0 spiro atoms. The van der Waals surface area contributed by atoms with E-state index in [1.165, 1.54) is 6.07 Å². The molecule has 112 valence electrons. The monoisotopic (exact) mass is 291 g/mol. The van der Waals surface area contributed by atoms with Gasteiger partial charge in [-0.3, -0.25) is 14.8 Å². The largest absolute Gasteiger partial charge is 0.480 e. The maximum Gasteiger partial charge on any atom is 0.310 e. The number of hydrogen-bond acceptors (Lipinski definition) is 6. The van der Waals surface area contributed by atoms with Crippen molar-refractivity contribution in [3.63, 3.8) is 0 Å². The summed E-state index contributed by atoms with van der Waals surface area (Å²) in [6.07, 6.45) is 1.70. The molecular formula is C13H17N5O3. The predicted molar refractivity (Wildman–Crippen MR) is 75.8 cm³/mol. The SMILES string of the molecule is CCNCc1ccc([N+](=O)[O-])c(OCc2cn(C)nn2)c1. The van der Waals surface area contributed by atoms with Gasteiger partial charge in [-0.25, -0.2) is 0 Å². The first kappa shape index (κ1) is 14.9. The smallest absolute Gasteiger partial charge is 0.310 e. The third-order valence-electron chi connectivity index (χ3n) is 2.83. The minimum atomic E-state index is -0.455. The lowest BCUT2D eigenvalue weighted by molar-refractivity contribution is -0.386. The van der Waals surface area contributed by atoms with Crippen molar-refractivity contribution in [2.45, 2.75) is 20.1 Å². The van der Waals surface area contributed by atoms with Crippen molar-refractivity contribution in [1.29, 1.82) is 0 Å². The first-order valence-electron chi connectivity index (χ1n) is 6.56. The molecule has 21 heavy (non-hydrogen) atoms. The molecule has 1 aromatic carbocycles. The normalized spacial score (nSPS) is 10.6. The molecule has 0 fully saturated rings. The second kappa shape index (κ2) is 6.80. The molecule has 2 aromatic rings. The molecule has 0 aliphatic carbocycles. The molecule has 1 N–H and O–H groups in total. The van der Waals surface area contributed by atoms with Gasteiger partial charge in [0.2, 0.25) is 0 Å². The predicted octanol–water partition coefficient (Wildman–Crippen LogP) is 1.41. The topological polar surface area (TPSA) is 95.1 Å². The van der Waals surface area contributed by atoms with Gasteiger partial charge >= 0.3 is 5.69 Å². The van der Waals surface area contributed by atoms with Crippen molar-refractivity contribution in [2.75, 3.05) is 6.54 Å². The fourth-order valence-electron chi connectivity index (χ4n) is 1.82. The highest BCUT2D eigenvalue weighted by atomic mass is 16.6. The summed E-state index contributed by atoms with van der Waals surface area (Å²) in [5, 5.41) is 21.9. The molecule has 0 amide bonds. The van der Waals surface area contributed by atoms with Crippen LogP contribution in [0.5, 0.6) is 5.75 Å². The van der Waals surface area contributed by atoms with Gasteiger partial charge in [-0.05, 0) is 18.2 Å². The Hall–Kier alpha value is -2.48. The van der Waals surface area contributed by atoms with E-state index < -0.39 is 4.92 Å². The Labute approximate surface area is 121 Å². The van der Waals surface area contributed by atoms with Crippen LogP contribution in [0.3, 0.4) is 0 Å². The van der Waals surface area contributed by atoms with Crippen LogP contribution in [0.25, 0.3) is 0 Å². The highest BCUT2D eigenvalue weighted by molar-refractivity contribution is 5.48. The van der Waals surface area contributed by atoms with Crippen LogP contribution in [0.4, 0.5) is 5.69 Å². The minimum Gasteiger partial charge on any atom is -0.480 e. The fourth-order valence-corrected chi connectivity index (χ4v) is 1.82. The number of aromatic nitrogens is 3. The Morgan fingerprint density at radius 3 is 2.90 bits per heavy atom.